The van der Waals surface area contributed by atoms with Gasteiger partial charge in [-0.15, -0.1) is 5.10 Å². The van der Waals surface area contributed by atoms with Gasteiger partial charge in [0.05, 0.1) is 12.3 Å². The molecule has 1 fully saturated rings. The molecule has 0 atom stereocenters. The molecule has 30 heavy (non-hydrogen) atoms. The number of amides is 1. The second-order valence-corrected chi connectivity index (χ2v) is 7.26. The molecule has 9 nitrogen and oxygen atoms in total. The molecule has 1 amide bonds. The lowest BCUT2D eigenvalue weighted by molar-refractivity contribution is -0.117. The Balaban J connectivity index is 1.58. The van der Waals surface area contributed by atoms with E-state index in [1.807, 2.05) is 19.1 Å². The number of nitrogens with one attached hydrogen (secondary N) is 1. The fourth-order valence-electron chi connectivity index (χ4n) is 3.72. The molecule has 0 unspecified atom stereocenters. The Hall–Kier alpha value is -3.36. The number of hydrogen-bond acceptors (Lipinski definition) is 6. The number of anilines is 2. The average molecular weight is 410 g/mol. The van der Waals surface area contributed by atoms with Crippen molar-refractivity contribution in [1.29, 1.82) is 0 Å². The van der Waals surface area contributed by atoms with Gasteiger partial charge < -0.3 is 15.0 Å². The van der Waals surface area contributed by atoms with Crippen LogP contribution in [-0.4, -0.2) is 44.8 Å². The van der Waals surface area contributed by atoms with Crippen LogP contribution in [0.15, 0.2) is 41.5 Å². The molecule has 4 rings (SSSR count). The summed E-state index contributed by atoms with van der Waals surface area (Å²) in [6, 6.07) is 7.20. The van der Waals surface area contributed by atoms with E-state index in [2.05, 4.69) is 20.3 Å². The molecule has 1 aliphatic heterocycles. The van der Waals surface area contributed by atoms with E-state index in [4.69, 9.17) is 4.74 Å². The third-order valence-electron chi connectivity index (χ3n) is 5.14. The summed E-state index contributed by atoms with van der Waals surface area (Å²) in [4.78, 5) is 32.1. The zero-order chi connectivity index (χ0) is 20.9. The quantitative estimate of drug-likeness (QED) is 0.670. The molecule has 9 heteroatoms. The van der Waals surface area contributed by atoms with Gasteiger partial charge in [-0.25, -0.2) is 18.9 Å². The number of nitrogens with zero attached hydrogens (tertiary/aromatic N) is 5. The van der Waals surface area contributed by atoms with Crippen LogP contribution in [0.1, 0.15) is 32.6 Å². The van der Waals surface area contributed by atoms with E-state index in [1.54, 1.807) is 24.5 Å². The highest BCUT2D eigenvalue weighted by Gasteiger charge is 2.19. The molecule has 2 aromatic heterocycles. The third kappa shape index (κ3) is 4.14. The van der Waals surface area contributed by atoms with Crippen molar-refractivity contribution in [2.24, 2.45) is 0 Å². The fourth-order valence-corrected chi connectivity index (χ4v) is 3.72. The molecule has 0 aliphatic carbocycles. The third-order valence-corrected chi connectivity index (χ3v) is 5.14. The topological polar surface area (TPSA) is 93.8 Å². The van der Waals surface area contributed by atoms with Crippen molar-refractivity contribution in [3.63, 3.8) is 0 Å². The van der Waals surface area contributed by atoms with Crippen LogP contribution < -0.4 is 20.6 Å². The Morgan fingerprint density at radius 2 is 1.93 bits per heavy atom. The van der Waals surface area contributed by atoms with E-state index in [0.717, 1.165) is 25.9 Å². The molecule has 0 bridgehead atoms. The summed E-state index contributed by atoms with van der Waals surface area (Å²) in [6.45, 7) is 3.96. The number of carbonyl (C=O) groups excluding carboxylic acids is 1. The zero-order valence-corrected chi connectivity index (χ0v) is 17.1. The standard InChI is InChI=1S/C21H26N6O3/c1-2-30-17-10-6-5-9-16(17)23-18(28)15-27-21(29)26-14-11-22-19(20(26)24-27)25-12-7-3-4-8-13-25/h5-6,9-11,14H,2-4,7-8,12-13,15H2,1H3,(H,23,28). The normalized spacial score (nSPS) is 14.5. The van der Waals surface area contributed by atoms with Gasteiger partial charge in [-0.2, -0.15) is 0 Å². The van der Waals surface area contributed by atoms with E-state index >= 15 is 0 Å². The molecule has 1 saturated heterocycles. The first-order valence-electron chi connectivity index (χ1n) is 10.4. The van der Waals surface area contributed by atoms with Crippen LogP contribution in [0, 0.1) is 0 Å². The number of ether oxygens (including phenoxy) is 1. The van der Waals surface area contributed by atoms with Crippen LogP contribution >= 0.6 is 0 Å². The van der Waals surface area contributed by atoms with Crippen LogP contribution in [0.3, 0.4) is 0 Å². The van der Waals surface area contributed by atoms with Crippen molar-refractivity contribution in [3.05, 3.63) is 47.1 Å². The number of benzene rings is 1. The Bertz CT molecular complexity index is 1080. The molecule has 1 aromatic carbocycles. The van der Waals surface area contributed by atoms with Crippen LogP contribution in [0.4, 0.5) is 11.5 Å². The van der Waals surface area contributed by atoms with Crippen molar-refractivity contribution in [1.82, 2.24) is 19.2 Å². The summed E-state index contributed by atoms with van der Waals surface area (Å²) < 4.78 is 8.17. The van der Waals surface area contributed by atoms with Gasteiger partial charge in [-0.1, -0.05) is 25.0 Å². The minimum absolute atomic E-state index is 0.194. The highest BCUT2D eigenvalue weighted by molar-refractivity contribution is 5.92. The number of para-hydroxylation sites is 2. The summed E-state index contributed by atoms with van der Waals surface area (Å²) in [5.74, 6) is 0.928. The molecule has 3 heterocycles. The Morgan fingerprint density at radius 3 is 2.70 bits per heavy atom. The highest BCUT2D eigenvalue weighted by atomic mass is 16.5. The average Bonchev–Trinajstić information content (AvgIpc) is 2.92. The van der Waals surface area contributed by atoms with Gasteiger partial charge in [0.15, 0.2) is 5.82 Å². The maximum Gasteiger partial charge on any atom is 0.350 e. The van der Waals surface area contributed by atoms with Gasteiger partial charge in [0, 0.05) is 25.5 Å². The predicted octanol–water partition coefficient (Wildman–Crippen LogP) is 2.31. The van der Waals surface area contributed by atoms with E-state index < -0.39 is 0 Å². The SMILES string of the molecule is CCOc1ccccc1NC(=O)Cn1nc2c(N3CCCCCC3)nccn2c1=O. The number of aromatic nitrogens is 4. The lowest BCUT2D eigenvalue weighted by Crippen LogP contribution is -2.28. The van der Waals surface area contributed by atoms with Crippen LogP contribution in [0.5, 0.6) is 5.75 Å². The predicted molar refractivity (Wildman–Crippen MR) is 114 cm³/mol. The van der Waals surface area contributed by atoms with Crippen molar-refractivity contribution in [3.8, 4) is 5.75 Å². The number of rotatable bonds is 6. The highest BCUT2D eigenvalue weighted by Crippen LogP contribution is 2.24. The van der Waals surface area contributed by atoms with Gasteiger partial charge in [-0.3, -0.25) is 4.79 Å². The summed E-state index contributed by atoms with van der Waals surface area (Å²) in [5, 5.41) is 7.23. The maximum atomic E-state index is 12.8. The van der Waals surface area contributed by atoms with Crippen LogP contribution in [0.2, 0.25) is 0 Å². The molecule has 0 saturated carbocycles. The smallest absolute Gasteiger partial charge is 0.350 e. The lowest BCUT2D eigenvalue weighted by Gasteiger charge is -2.20. The van der Waals surface area contributed by atoms with Crippen molar-refractivity contribution in [2.75, 3.05) is 29.9 Å². The van der Waals surface area contributed by atoms with Gasteiger partial charge in [-0.05, 0) is 31.9 Å². The minimum atomic E-state index is -0.364. The van der Waals surface area contributed by atoms with Gasteiger partial charge in [0.1, 0.15) is 12.3 Å². The minimum Gasteiger partial charge on any atom is -0.492 e. The van der Waals surface area contributed by atoms with E-state index in [-0.39, 0.29) is 18.1 Å². The first-order valence-corrected chi connectivity index (χ1v) is 10.4. The first-order chi connectivity index (χ1) is 14.7. The second kappa shape index (κ2) is 8.98. The van der Waals surface area contributed by atoms with Gasteiger partial charge in [0.2, 0.25) is 11.6 Å². The van der Waals surface area contributed by atoms with Crippen LogP contribution in [-0.2, 0) is 11.3 Å². The fraction of sp³-hybridized carbons (Fsp3) is 0.429. The van der Waals surface area contributed by atoms with Crippen molar-refractivity contribution < 1.29 is 9.53 Å². The van der Waals surface area contributed by atoms with Crippen LogP contribution in [0.25, 0.3) is 5.65 Å². The molecule has 3 aromatic rings. The van der Waals surface area contributed by atoms with Crippen molar-refractivity contribution >= 4 is 23.1 Å². The monoisotopic (exact) mass is 410 g/mol. The molecular formula is C21H26N6O3. The van der Waals surface area contributed by atoms with E-state index in [1.165, 1.54) is 21.9 Å². The number of carbonyl (C=O) groups is 1. The summed E-state index contributed by atoms with van der Waals surface area (Å²) in [7, 11) is 0. The second-order valence-electron chi connectivity index (χ2n) is 7.26. The lowest BCUT2D eigenvalue weighted by atomic mass is 10.2. The molecule has 0 radical (unpaired) electrons. The number of fused-ring (bicyclic) bond motifs is 1. The van der Waals surface area contributed by atoms with Gasteiger partial charge in [0.25, 0.3) is 0 Å². The number of hydrogen-bond donors (Lipinski definition) is 1. The zero-order valence-electron chi connectivity index (χ0n) is 17.1. The van der Waals surface area contributed by atoms with Crippen molar-refractivity contribution in [2.45, 2.75) is 39.2 Å². The molecule has 1 N–H and O–H groups in total. The Labute approximate surface area is 174 Å². The summed E-state index contributed by atoms with van der Waals surface area (Å²) in [6.07, 6.45) is 7.78. The maximum absolute atomic E-state index is 12.8. The molecule has 158 valence electrons. The summed E-state index contributed by atoms with van der Waals surface area (Å²) >= 11 is 0. The Morgan fingerprint density at radius 1 is 1.17 bits per heavy atom. The van der Waals surface area contributed by atoms with Gasteiger partial charge >= 0.3 is 5.69 Å². The molecule has 0 spiro atoms. The molecular weight excluding hydrogens is 384 g/mol. The Kier molecular flexibility index (Phi) is 5.97. The van der Waals surface area contributed by atoms with E-state index in [9.17, 15) is 9.59 Å². The van der Waals surface area contributed by atoms with E-state index in [0.29, 0.717) is 29.5 Å². The summed E-state index contributed by atoms with van der Waals surface area (Å²) in [5.41, 5.74) is 0.678. The first kappa shape index (κ1) is 19.9. The molecule has 1 aliphatic rings. The largest absolute Gasteiger partial charge is 0.492 e.